The molecular formula is C13H6F4N2S. The summed E-state index contributed by atoms with van der Waals surface area (Å²) in [5.41, 5.74) is 0.0344. The Bertz CT molecular complexity index is 859. The Morgan fingerprint density at radius 1 is 0.900 bits per heavy atom. The fourth-order valence-electron chi connectivity index (χ4n) is 2.05. The third-order valence-corrected chi connectivity index (χ3v) is 3.14. The minimum Gasteiger partial charge on any atom is -0.330 e. The molecule has 0 radical (unpaired) electrons. The van der Waals surface area contributed by atoms with E-state index in [-0.39, 0.29) is 10.3 Å². The molecule has 0 spiro atoms. The number of nitrogens with zero attached hydrogens (tertiary/aromatic N) is 1. The molecule has 0 aliphatic heterocycles. The van der Waals surface area contributed by atoms with Crippen molar-refractivity contribution in [3.05, 3.63) is 58.4 Å². The molecule has 0 amide bonds. The molecule has 1 heterocycles. The van der Waals surface area contributed by atoms with Crippen LogP contribution in [-0.2, 0) is 0 Å². The van der Waals surface area contributed by atoms with E-state index in [1.54, 1.807) is 0 Å². The molecule has 2 nitrogen and oxygen atoms in total. The number of imidazole rings is 1. The number of hydrogen-bond acceptors (Lipinski definition) is 1. The average Bonchev–Trinajstić information content (AvgIpc) is 2.65. The first-order valence-electron chi connectivity index (χ1n) is 5.52. The van der Waals surface area contributed by atoms with Crippen molar-refractivity contribution >= 4 is 23.3 Å². The van der Waals surface area contributed by atoms with E-state index in [2.05, 4.69) is 4.98 Å². The maximum atomic E-state index is 13.8. The first-order valence-corrected chi connectivity index (χ1v) is 5.93. The summed E-state index contributed by atoms with van der Waals surface area (Å²) in [6.07, 6.45) is 0. The Hall–Kier alpha value is -2.15. The summed E-state index contributed by atoms with van der Waals surface area (Å²) in [5.74, 6) is -3.86. The highest BCUT2D eigenvalue weighted by Crippen LogP contribution is 2.25. The van der Waals surface area contributed by atoms with Crippen molar-refractivity contribution in [3.8, 4) is 5.69 Å². The molecule has 1 aromatic heterocycles. The molecule has 0 saturated carbocycles. The molecule has 0 aliphatic rings. The molecule has 0 unspecified atom stereocenters. The Morgan fingerprint density at radius 2 is 1.55 bits per heavy atom. The van der Waals surface area contributed by atoms with E-state index in [1.807, 2.05) is 0 Å². The van der Waals surface area contributed by atoms with Crippen LogP contribution in [0, 0.1) is 28.0 Å². The highest BCUT2D eigenvalue weighted by atomic mass is 32.1. The fraction of sp³-hybridized carbons (Fsp3) is 0. The van der Waals surface area contributed by atoms with E-state index in [1.165, 1.54) is 12.1 Å². The number of fused-ring (bicyclic) bond motifs is 1. The van der Waals surface area contributed by atoms with Crippen molar-refractivity contribution in [2.75, 3.05) is 0 Å². The van der Waals surface area contributed by atoms with Crippen LogP contribution >= 0.6 is 12.2 Å². The molecule has 3 aromatic rings. The Kier molecular flexibility index (Phi) is 2.86. The van der Waals surface area contributed by atoms with E-state index >= 15 is 0 Å². The van der Waals surface area contributed by atoms with E-state index in [0.717, 1.165) is 10.6 Å². The van der Waals surface area contributed by atoms with Crippen LogP contribution in [0.3, 0.4) is 0 Å². The summed E-state index contributed by atoms with van der Waals surface area (Å²) < 4.78 is 54.9. The number of rotatable bonds is 1. The molecule has 2 aromatic carbocycles. The summed E-state index contributed by atoms with van der Waals surface area (Å²) in [6, 6.07) is 4.76. The summed E-state index contributed by atoms with van der Waals surface area (Å²) in [4.78, 5) is 2.71. The Balaban J connectivity index is 2.44. The zero-order valence-corrected chi connectivity index (χ0v) is 10.6. The van der Waals surface area contributed by atoms with E-state index in [9.17, 15) is 17.6 Å². The second-order valence-corrected chi connectivity index (χ2v) is 4.53. The van der Waals surface area contributed by atoms with Crippen LogP contribution < -0.4 is 0 Å². The number of nitrogens with one attached hydrogen (secondary N) is 1. The number of benzene rings is 2. The van der Waals surface area contributed by atoms with E-state index < -0.39 is 29.0 Å². The van der Waals surface area contributed by atoms with Crippen molar-refractivity contribution < 1.29 is 17.6 Å². The van der Waals surface area contributed by atoms with Crippen molar-refractivity contribution in [2.24, 2.45) is 0 Å². The van der Waals surface area contributed by atoms with Crippen molar-refractivity contribution in [2.45, 2.75) is 0 Å². The van der Waals surface area contributed by atoms with Gasteiger partial charge in [0.25, 0.3) is 0 Å². The number of H-pyrrole nitrogens is 1. The minimum atomic E-state index is -1.12. The molecule has 20 heavy (non-hydrogen) atoms. The lowest BCUT2D eigenvalue weighted by molar-refractivity contribution is 0.534. The van der Waals surface area contributed by atoms with E-state index in [4.69, 9.17) is 12.2 Å². The predicted molar refractivity (Wildman–Crippen MR) is 68.3 cm³/mol. The zero-order valence-electron chi connectivity index (χ0n) is 9.75. The first-order chi connectivity index (χ1) is 9.47. The second-order valence-electron chi connectivity index (χ2n) is 4.15. The monoisotopic (exact) mass is 298 g/mol. The highest BCUT2D eigenvalue weighted by molar-refractivity contribution is 7.71. The molecule has 3 rings (SSSR count). The van der Waals surface area contributed by atoms with Gasteiger partial charge in [-0.05, 0) is 24.4 Å². The van der Waals surface area contributed by atoms with Crippen LogP contribution in [0.2, 0.25) is 0 Å². The van der Waals surface area contributed by atoms with Crippen LogP contribution in [0.1, 0.15) is 0 Å². The molecule has 0 bridgehead atoms. The Morgan fingerprint density at radius 3 is 2.20 bits per heavy atom. The number of aromatic amines is 1. The van der Waals surface area contributed by atoms with Crippen LogP contribution in [0.25, 0.3) is 16.7 Å². The van der Waals surface area contributed by atoms with Gasteiger partial charge < -0.3 is 4.98 Å². The third-order valence-electron chi connectivity index (χ3n) is 2.85. The van der Waals surface area contributed by atoms with Gasteiger partial charge in [-0.2, -0.15) is 0 Å². The van der Waals surface area contributed by atoms with Gasteiger partial charge in [0.2, 0.25) is 0 Å². The van der Waals surface area contributed by atoms with Gasteiger partial charge in [-0.15, -0.1) is 0 Å². The van der Waals surface area contributed by atoms with Gasteiger partial charge in [0.1, 0.15) is 17.3 Å². The van der Waals surface area contributed by atoms with Crippen LogP contribution in [0.4, 0.5) is 17.6 Å². The molecule has 0 saturated heterocycles. The normalized spacial score (nSPS) is 11.2. The lowest BCUT2D eigenvalue weighted by Gasteiger charge is -2.07. The van der Waals surface area contributed by atoms with Crippen LogP contribution in [0.5, 0.6) is 0 Å². The smallest absolute Gasteiger partial charge is 0.182 e. The largest absolute Gasteiger partial charge is 0.330 e. The number of halogens is 4. The number of aromatic nitrogens is 2. The van der Waals surface area contributed by atoms with Gasteiger partial charge >= 0.3 is 0 Å². The van der Waals surface area contributed by atoms with E-state index in [0.29, 0.717) is 17.6 Å². The highest BCUT2D eigenvalue weighted by Gasteiger charge is 2.17. The average molecular weight is 298 g/mol. The number of hydrogen-bond donors (Lipinski definition) is 1. The van der Waals surface area contributed by atoms with Gasteiger partial charge in [0.15, 0.2) is 16.4 Å². The minimum absolute atomic E-state index is 0.0185. The lowest BCUT2D eigenvalue weighted by Crippen LogP contribution is -2.03. The van der Waals surface area contributed by atoms with Crippen molar-refractivity contribution in [3.63, 3.8) is 0 Å². The maximum absolute atomic E-state index is 13.8. The predicted octanol–water partition coefficient (Wildman–Crippen LogP) is 4.24. The van der Waals surface area contributed by atoms with Gasteiger partial charge in [-0.1, -0.05) is 0 Å². The van der Waals surface area contributed by atoms with Crippen molar-refractivity contribution in [1.82, 2.24) is 9.55 Å². The summed E-state index contributed by atoms with van der Waals surface area (Å²) in [7, 11) is 0. The SMILES string of the molecule is Fc1cc(F)c(-n2c(=S)[nH]c3ccc(F)cc32)c(F)c1. The summed E-state index contributed by atoms with van der Waals surface area (Å²) in [5, 5.41) is 0. The quantitative estimate of drug-likeness (QED) is 0.526. The van der Waals surface area contributed by atoms with Gasteiger partial charge in [-0.25, -0.2) is 17.6 Å². The topological polar surface area (TPSA) is 20.7 Å². The lowest BCUT2D eigenvalue weighted by atomic mass is 10.2. The molecule has 0 aliphatic carbocycles. The molecule has 7 heteroatoms. The van der Waals surface area contributed by atoms with Gasteiger partial charge in [-0.3, -0.25) is 4.57 Å². The van der Waals surface area contributed by atoms with Gasteiger partial charge in [0, 0.05) is 18.2 Å². The second kappa shape index (κ2) is 4.45. The molecule has 0 atom stereocenters. The standard InChI is InChI=1S/C13H6F4N2S/c14-6-1-2-10-11(5-6)19(13(20)18-10)12-8(16)3-7(15)4-9(12)17/h1-5H,(H,18,20). The molecule has 102 valence electrons. The third kappa shape index (κ3) is 1.90. The fourth-order valence-corrected chi connectivity index (χ4v) is 2.35. The molecular weight excluding hydrogens is 292 g/mol. The van der Waals surface area contributed by atoms with Crippen LogP contribution in [0.15, 0.2) is 30.3 Å². The zero-order chi connectivity index (χ0) is 14.4. The molecule has 1 N–H and O–H groups in total. The van der Waals surface area contributed by atoms with Crippen LogP contribution in [-0.4, -0.2) is 9.55 Å². The molecule has 0 fully saturated rings. The van der Waals surface area contributed by atoms with Crippen molar-refractivity contribution in [1.29, 1.82) is 0 Å². The summed E-state index contributed by atoms with van der Waals surface area (Å²) >= 11 is 4.99. The Labute approximate surface area is 115 Å². The first kappa shape index (κ1) is 12.9. The van der Waals surface area contributed by atoms with Gasteiger partial charge in [0.05, 0.1) is 11.0 Å². The summed E-state index contributed by atoms with van der Waals surface area (Å²) in [6.45, 7) is 0. The maximum Gasteiger partial charge on any atom is 0.182 e.